The summed E-state index contributed by atoms with van der Waals surface area (Å²) in [5, 5.41) is 0.763. The molecule has 5 nitrogen and oxygen atoms in total. The van der Waals surface area contributed by atoms with Crippen LogP contribution in [0.25, 0.3) is 10.9 Å². The molecule has 0 aliphatic heterocycles. The number of ether oxygens (including phenoxy) is 1. The minimum absolute atomic E-state index is 0.245. The second-order valence-corrected chi connectivity index (χ2v) is 4.93. The Morgan fingerprint density at radius 1 is 0.870 bits per heavy atom. The van der Waals surface area contributed by atoms with E-state index in [2.05, 4.69) is 0 Å². The van der Waals surface area contributed by atoms with Crippen LogP contribution in [0.3, 0.4) is 0 Å². The molecular weight excluding hydrogens is 294 g/mol. The van der Waals surface area contributed by atoms with Gasteiger partial charge < -0.3 is 9.57 Å². The van der Waals surface area contributed by atoms with Gasteiger partial charge in [0.2, 0.25) is 0 Å². The van der Waals surface area contributed by atoms with Gasteiger partial charge in [-0.25, -0.2) is 4.79 Å². The van der Waals surface area contributed by atoms with Gasteiger partial charge in [-0.1, -0.05) is 36.4 Å². The fourth-order valence-electron chi connectivity index (χ4n) is 2.60. The average Bonchev–Trinajstić information content (AvgIpc) is 2.99. The first kappa shape index (κ1) is 14.8. The molecule has 0 aliphatic carbocycles. The third-order valence-electron chi connectivity index (χ3n) is 3.70. The minimum atomic E-state index is -0.538. The Kier molecular flexibility index (Phi) is 3.85. The summed E-state index contributed by atoms with van der Waals surface area (Å²) in [4.78, 5) is 30.1. The number of ketones is 1. The van der Waals surface area contributed by atoms with Gasteiger partial charge in [-0.3, -0.25) is 4.79 Å². The molecule has 1 aromatic heterocycles. The lowest BCUT2D eigenvalue weighted by molar-refractivity contribution is 0.0597. The molecule has 1 heterocycles. The molecule has 3 rings (SSSR count). The van der Waals surface area contributed by atoms with E-state index in [-0.39, 0.29) is 11.3 Å². The number of nitrogens with zero attached hydrogens (tertiary/aromatic N) is 1. The Morgan fingerprint density at radius 3 is 2.22 bits per heavy atom. The van der Waals surface area contributed by atoms with Crippen molar-refractivity contribution < 1.29 is 19.2 Å². The first-order valence-corrected chi connectivity index (χ1v) is 7.04. The number of carbonyl (C=O) groups is 2. The summed E-state index contributed by atoms with van der Waals surface area (Å²) in [5.74, 6) is -0.789. The number of hydrogen-bond acceptors (Lipinski definition) is 4. The molecule has 0 unspecified atom stereocenters. The monoisotopic (exact) mass is 309 g/mol. The molecule has 0 bridgehead atoms. The molecular formula is C18H15NO4. The summed E-state index contributed by atoms with van der Waals surface area (Å²) < 4.78 is 6.29. The van der Waals surface area contributed by atoms with E-state index in [1.807, 2.05) is 24.3 Å². The van der Waals surface area contributed by atoms with E-state index in [0.29, 0.717) is 11.1 Å². The number of hydrogen-bond donors (Lipinski definition) is 0. The lowest BCUT2D eigenvalue weighted by Gasteiger charge is -2.06. The second-order valence-electron chi connectivity index (χ2n) is 4.93. The van der Waals surface area contributed by atoms with Crippen LogP contribution in [0.5, 0.6) is 0 Å². The number of esters is 1. The zero-order valence-corrected chi connectivity index (χ0v) is 12.8. The number of benzene rings is 2. The van der Waals surface area contributed by atoms with Crippen molar-refractivity contribution in [3.63, 3.8) is 0 Å². The van der Waals surface area contributed by atoms with Crippen LogP contribution < -0.4 is 4.84 Å². The van der Waals surface area contributed by atoms with E-state index < -0.39 is 5.97 Å². The topological polar surface area (TPSA) is 57.5 Å². The maximum atomic E-state index is 13.0. The molecule has 0 amide bonds. The second kappa shape index (κ2) is 5.96. The van der Waals surface area contributed by atoms with Gasteiger partial charge in [0.05, 0.1) is 30.0 Å². The van der Waals surface area contributed by atoms with E-state index in [0.717, 1.165) is 10.9 Å². The predicted octanol–water partition coefficient (Wildman–Crippen LogP) is 2.72. The molecule has 0 spiro atoms. The zero-order chi connectivity index (χ0) is 16.4. The third kappa shape index (κ3) is 2.46. The van der Waals surface area contributed by atoms with E-state index in [1.54, 1.807) is 30.5 Å². The Hall–Kier alpha value is -3.08. The Labute approximate surface area is 133 Å². The summed E-state index contributed by atoms with van der Waals surface area (Å²) in [6.45, 7) is 0. The van der Waals surface area contributed by atoms with Crippen molar-refractivity contribution in [2.45, 2.75) is 0 Å². The van der Waals surface area contributed by atoms with Gasteiger partial charge in [0.15, 0.2) is 5.78 Å². The number of aromatic nitrogens is 1. The zero-order valence-electron chi connectivity index (χ0n) is 12.8. The number of methoxy groups -OCH3 is 1. The number of rotatable bonds is 4. The largest absolute Gasteiger partial charge is 0.465 e. The molecule has 0 radical (unpaired) electrons. The first-order valence-electron chi connectivity index (χ1n) is 7.04. The summed E-state index contributed by atoms with van der Waals surface area (Å²) >= 11 is 0. The van der Waals surface area contributed by atoms with E-state index >= 15 is 0 Å². The van der Waals surface area contributed by atoms with Gasteiger partial charge >= 0.3 is 5.97 Å². The molecule has 2 aromatic carbocycles. The van der Waals surface area contributed by atoms with E-state index in [4.69, 9.17) is 9.57 Å². The van der Waals surface area contributed by atoms with E-state index in [1.165, 1.54) is 19.0 Å². The van der Waals surface area contributed by atoms with Crippen LogP contribution in [0, 0.1) is 0 Å². The highest BCUT2D eigenvalue weighted by Crippen LogP contribution is 2.24. The third-order valence-corrected chi connectivity index (χ3v) is 3.70. The van der Waals surface area contributed by atoms with Crippen molar-refractivity contribution in [3.8, 4) is 0 Å². The number of carbonyl (C=O) groups excluding carboxylic acids is 2. The van der Waals surface area contributed by atoms with Gasteiger partial charge in [0.25, 0.3) is 0 Å². The van der Waals surface area contributed by atoms with Gasteiger partial charge in [0, 0.05) is 10.9 Å². The van der Waals surface area contributed by atoms with Gasteiger partial charge in [0.1, 0.15) is 7.11 Å². The molecule has 0 fully saturated rings. The normalized spacial score (nSPS) is 10.5. The maximum Gasteiger partial charge on any atom is 0.338 e. The van der Waals surface area contributed by atoms with Crippen LogP contribution in [-0.4, -0.2) is 30.7 Å². The summed E-state index contributed by atoms with van der Waals surface area (Å²) in [6.07, 6.45) is 1.63. The smallest absolute Gasteiger partial charge is 0.338 e. The fraction of sp³-hybridized carbons (Fsp3) is 0.111. The lowest BCUT2D eigenvalue weighted by Crippen LogP contribution is -2.11. The molecule has 3 aromatic rings. The van der Waals surface area contributed by atoms with E-state index in [9.17, 15) is 9.59 Å². The molecule has 0 aliphatic rings. The number of fused-ring (bicyclic) bond motifs is 1. The van der Waals surface area contributed by atoms with Crippen LogP contribution >= 0.6 is 0 Å². The highest BCUT2D eigenvalue weighted by atomic mass is 16.6. The average molecular weight is 309 g/mol. The molecule has 0 saturated heterocycles. The standard InChI is InChI=1S/C18H15NO4/c1-22-18(21)14-9-4-3-8-13(14)17(20)15-11-19(23-2)16-10-6-5-7-12(15)16/h3-11H,1-2H3. The van der Waals surface area contributed by atoms with Crippen molar-refractivity contribution >= 4 is 22.7 Å². The predicted molar refractivity (Wildman–Crippen MR) is 85.7 cm³/mol. The van der Waals surface area contributed by atoms with Crippen molar-refractivity contribution in [3.05, 3.63) is 71.4 Å². The Balaban J connectivity index is 2.18. The van der Waals surface area contributed by atoms with Crippen molar-refractivity contribution in [2.24, 2.45) is 0 Å². The van der Waals surface area contributed by atoms with Crippen LogP contribution in [0.2, 0.25) is 0 Å². The van der Waals surface area contributed by atoms with Crippen molar-refractivity contribution in [2.75, 3.05) is 14.2 Å². The Morgan fingerprint density at radius 2 is 1.52 bits per heavy atom. The Bertz CT molecular complexity index is 895. The lowest BCUT2D eigenvalue weighted by atomic mass is 9.98. The fourth-order valence-corrected chi connectivity index (χ4v) is 2.60. The quantitative estimate of drug-likeness (QED) is 0.549. The highest BCUT2D eigenvalue weighted by molar-refractivity contribution is 6.19. The first-order chi connectivity index (χ1) is 11.2. The van der Waals surface area contributed by atoms with Crippen LogP contribution in [0.4, 0.5) is 0 Å². The molecule has 116 valence electrons. The molecule has 0 N–H and O–H groups in total. The van der Waals surface area contributed by atoms with Gasteiger partial charge in [-0.05, 0) is 12.1 Å². The summed E-state index contributed by atoms with van der Waals surface area (Å²) in [7, 11) is 2.82. The molecule has 0 saturated carbocycles. The van der Waals surface area contributed by atoms with Crippen molar-refractivity contribution in [1.29, 1.82) is 0 Å². The van der Waals surface area contributed by atoms with Crippen LogP contribution in [0.15, 0.2) is 54.7 Å². The molecule has 5 heteroatoms. The van der Waals surface area contributed by atoms with Gasteiger partial charge in [-0.15, -0.1) is 0 Å². The van der Waals surface area contributed by atoms with Crippen molar-refractivity contribution in [1.82, 2.24) is 4.73 Å². The molecule has 23 heavy (non-hydrogen) atoms. The summed E-state index contributed by atoms with van der Waals surface area (Å²) in [5.41, 5.74) is 1.81. The highest BCUT2D eigenvalue weighted by Gasteiger charge is 2.22. The van der Waals surface area contributed by atoms with Gasteiger partial charge in [-0.2, -0.15) is 4.73 Å². The SMILES string of the molecule is COC(=O)c1ccccc1C(=O)c1cn(OC)c2ccccc12. The molecule has 0 atom stereocenters. The summed E-state index contributed by atoms with van der Waals surface area (Å²) in [6, 6.07) is 14.0. The maximum absolute atomic E-state index is 13.0. The number of para-hydroxylation sites is 1. The van der Waals surface area contributed by atoms with Crippen LogP contribution in [0.1, 0.15) is 26.3 Å². The minimum Gasteiger partial charge on any atom is -0.465 e. The van der Waals surface area contributed by atoms with Crippen LogP contribution in [-0.2, 0) is 4.74 Å².